The quantitative estimate of drug-likeness (QED) is 0.402. The molecule has 0 saturated carbocycles. The number of aromatic nitrogens is 2. The van der Waals surface area contributed by atoms with Crippen LogP contribution in [0.3, 0.4) is 0 Å². The lowest BCUT2D eigenvalue weighted by molar-refractivity contribution is -0.125. The lowest BCUT2D eigenvalue weighted by Gasteiger charge is -2.19. The van der Waals surface area contributed by atoms with E-state index < -0.39 is 11.8 Å². The topological polar surface area (TPSA) is 114 Å². The summed E-state index contributed by atoms with van der Waals surface area (Å²) < 4.78 is 5.07. The predicted molar refractivity (Wildman–Crippen MR) is 128 cm³/mol. The molecule has 2 amide bonds. The first-order valence-electron chi connectivity index (χ1n) is 10.7. The number of thiazole rings is 2. The Labute approximate surface area is 203 Å². The number of benzene rings is 1. The number of hydrogen-bond acceptors (Lipinski definition) is 8. The van der Waals surface area contributed by atoms with Gasteiger partial charge in [-0.05, 0) is 17.7 Å². The number of fused-ring (bicyclic) bond motifs is 1. The zero-order valence-corrected chi connectivity index (χ0v) is 19.6. The van der Waals surface area contributed by atoms with Crippen molar-refractivity contribution in [3.63, 3.8) is 0 Å². The molecule has 5 rings (SSSR count). The van der Waals surface area contributed by atoms with Gasteiger partial charge in [0.05, 0.1) is 40.0 Å². The van der Waals surface area contributed by atoms with Gasteiger partial charge in [0.1, 0.15) is 0 Å². The van der Waals surface area contributed by atoms with Crippen molar-refractivity contribution in [2.75, 3.05) is 5.32 Å². The summed E-state index contributed by atoms with van der Waals surface area (Å²) in [4.78, 5) is 47.0. The van der Waals surface area contributed by atoms with Crippen LogP contribution in [0.25, 0.3) is 0 Å². The molecule has 4 aromatic rings. The van der Waals surface area contributed by atoms with E-state index in [9.17, 15) is 14.4 Å². The number of nitrogens with one attached hydrogen (secondary N) is 2. The Morgan fingerprint density at radius 3 is 2.74 bits per heavy atom. The summed E-state index contributed by atoms with van der Waals surface area (Å²) in [5.41, 5.74) is 2.52. The SMILES string of the molecule is O=C(Nc1nc2c(s1)C(=O)CC(C(=O)NCc1csc(Cc3ccccc3)n1)C2)c1ccco1. The Morgan fingerprint density at radius 2 is 1.94 bits per heavy atom. The minimum atomic E-state index is -0.502. The standard InChI is InChI=1S/C24H20N4O4S2/c29-18-11-15(10-17-21(18)34-24(27-17)28-23(31)19-7-4-8-32-19)22(30)25-12-16-13-33-20(26-16)9-14-5-2-1-3-6-14/h1-8,13,15H,9-12H2,(H,25,30)(H,27,28,31). The highest BCUT2D eigenvalue weighted by atomic mass is 32.1. The molecule has 1 aliphatic carbocycles. The normalized spacial score (nSPS) is 15.1. The number of rotatable bonds is 7. The van der Waals surface area contributed by atoms with Gasteiger partial charge >= 0.3 is 0 Å². The second-order valence-electron chi connectivity index (χ2n) is 7.87. The second kappa shape index (κ2) is 9.70. The van der Waals surface area contributed by atoms with Crippen molar-refractivity contribution in [2.45, 2.75) is 25.8 Å². The first-order valence-corrected chi connectivity index (χ1v) is 12.4. The van der Waals surface area contributed by atoms with Gasteiger partial charge in [0.15, 0.2) is 16.7 Å². The fourth-order valence-electron chi connectivity index (χ4n) is 3.74. The van der Waals surface area contributed by atoms with Gasteiger partial charge in [0.25, 0.3) is 5.91 Å². The number of ketones is 1. The van der Waals surface area contributed by atoms with Crippen LogP contribution in [0.15, 0.2) is 58.5 Å². The smallest absolute Gasteiger partial charge is 0.293 e. The molecule has 1 unspecified atom stereocenters. The summed E-state index contributed by atoms with van der Waals surface area (Å²) in [5.74, 6) is -1.13. The molecule has 1 aromatic carbocycles. The van der Waals surface area contributed by atoms with E-state index in [-0.39, 0.29) is 23.9 Å². The number of carbonyl (C=O) groups excluding carboxylic acids is 3. The lowest BCUT2D eigenvalue weighted by atomic mass is 9.89. The molecule has 0 bridgehead atoms. The van der Waals surface area contributed by atoms with E-state index in [1.807, 2.05) is 23.6 Å². The maximum Gasteiger partial charge on any atom is 0.293 e. The van der Waals surface area contributed by atoms with Gasteiger partial charge in [-0.2, -0.15) is 0 Å². The number of amides is 2. The first kappa shape index (κ1) is 22.2. The van der Waals surface area contributed by atoms with E-state index in [2.05, 4.69) is 32.7 Å². The van der Waals surface area contributed by atoms with Gasteiger partial charge in [-0.15, -0.1) is 11.3 Å². The van der Waals surface area contributed by atoms with Crippen molar-refractivity contribution in [3.05, 3.63) is 86.7 Å². The van der Waals surface area contributed by atoms with Crippen molar-refractivity contribution in [2.24, 2.45) is 5.92 Å². The van der Waals surface area contributed by atoms with Gasteiger partial charge in [0, 0.05) is 24.6 Å². The van der Waals surface area contributed by atoms with Crippen LogP contribution in [0.2, 0.25) is 0 Å². The minimum absolute atomic E-state index is 0.114. The summed E-state index contributed by atoms with van der Waals surface area (Å²) in [6.07, 6.45) is 2.62. The summed E-state index contributed by atoms with van der Waals surface area (Å²) >= 11 is 2.68. The molecule has 2 N–H and O–H groups in total. The Balaban J connectivity index is 1.17. The van der Waals surface area contributed by atoms with E-state index in [4.69, 9.17) is 4.42 Å². The van der Waals surface area contributed by atoms with Gasteiger partial charge in [-0.1, -0.05) is 41.7 Å². The maximum atomic E-state index is 12.8. The fourth-order valence-corrected chi connectivity index (χ4v) is 5.50. The fraction of sp³-hybridized carbons (Fsp3) is 0.208. The van der Waals surface area contributed by atoms with Gasteiger partial charge in [-0.25, -0.2) is 9.97 Å². The third-order valence-corrected chi connectivity index (χ3v) is 7.35. The average Bonchev–Trinajstić information content (AvgIpc) is 3.59. The number of hydrogen-bond donors (Lipinski definition) is 2. The molecule has 0 saturated heterocycles. The summed E-state index contributed by atoms with van der Waals surface area (Å²) in [6, 6.07) is 13.3. The average molecular weight is 493 g/mol. The molecule has 0 spiro atoms. The van der Waals surface area contributed by atoms with Crippen LogP contribution in [0.4, 0.5) is 5.13 Å². The molecule has 0 radical (unpaired) electrons. The molecule has 1 aliphatic rings. The summed E-state index contributed by atoms with van der Waals surface area (Å²) in [7, 11) is 0. The Morgan fingerprint density at radius 1 is 1.09 bits per heavy atom. The van der Waals surface area contributed by atoms with Crippen LogP contribution >= 0.6 is 22.7 Å². The van der Waals surface area contributed by atoms with Crippen LogP contribution in [-0.4, -0.2) is 27.6 Å². The Hall–Kier alpha value is -3.63. The molecule has 3 heterocycles. The van der Waals surface area contributed by atoms with Crippen molar-refractivity contribution < 1.29 is 18.8 Å². The highest BCUT2D eigenvalue weighted by Crippen LogP contribution is 2.32. The molecule has 34 heavy (non-hydrogen) atoms. The molecule has 3 aromatic heterocycles. The summed E-state index contributed by atoms with van der Waals surface area (Å²) in [6.45, 7) is 0.309. The van der Waals surface area contributed by atoms with Crippen LogP contribution in [0, 0.1) is 5.92 Å². The highest BCUT2D eigenvalue weighted by molar-refractivity contribution is 7.17. The predicted octanol–water partition coefficient (Wildman–Crippen LogP) is 4.10. The molecule has 172 valence electrons. The van der Waals surface area contributed by atoms with Crippen molar-refractivity contribution >= 4 is 45.4 Å². The highest BCUT2D eigenvalue weighted by Gasteiger charge is 2.33. The van der Waals surface area contributed by atoms with Crippen LogP contribution < -0.4 is 10.6 Å². The van der Waals surface area contributed by atoms with Gasteiger partial charge < -0.3 is 9.73 Å². The molecule has 8 nitrogen and oxygen atoms in total. The first-order chi connectivity index (χ1) is 16.5. The minimum Gasteiger partial charge on any atom is -0.459 e. The van der Waals surface area contributed by atoms with E-state index in [1.54, 1.807) is 23.5 Å². The van der Waals surface area contributed by atoms with Gasteiger partial charge in [0.2, 0.25) is 5.91 Å². The number of Topliss-reactive ketones (excluding diaryl/α,β-unsaturated/α-hetero) is 1. The molecule has 0 aliphatic heterocycles. The van der Waals surface area contributed by atoms with Gasteiger partial charge in [-0.3, -0.25) is 19.7 Å². The van der Waals surface area contributed by atoms with E-state index in [1.165, 1.54) is 11.8 Å². The lowest BCUT2D eigenvalue weighted by Crippen LogP contribution is -2.35. The Bertz CT molecular complexity index is 1330. The van der Waals surface area contributed by atoms with Crippen molar-refractivity contribution in [3.8, 4) is 0 Å². The number of furan rings is 1. The molecule has 10 heteroatoms. The Kier molecular flexibility index (Phi) is 6.33. The number of anilines is 1. The molecular weight excluding hydrogens is 472 g/mol. The van der Waals surface area contributed by atoms with Crippen molar-refractivity contribution in [1.82, 2.24) is 15.3 Å². The molecule has 0 fully saturated rings. The number of carbonyl (C=O) groups is 3. The van der Waals surface area contributed by atoms with Crippen LogP contribution in [-0.2, 0) is 24.2 Å². The molecular formula is C24H20N4O4S2. The zero-order valence-electron chi connectivity index (χ0n) is 17.9. The monoisotopic (exact) mass is 492 g/mol. The van der Waals surface area contributed by atoms with Crippen LogP contribution in [0.5, 0.6) is 0 Å². The van der Waals surface area contributed by atoms with E-state index in [0.29, 0.717) is 28.7 Å². The van der Waals surface area contributed by atoms with E-state index >= 15 is 0 Å². The third-order valence-electron chi connectivity index (χ3n) is 5.40. The third kappa shape index (κ3) is 4.97. The summed E-state index contributed by atoms with van der Waals surface area (Å²) in [5, 5.41) is 8.79. The van der Waals surface area contributed by atoms with E-state index in [0.717, 1.165) is 28.5 Å². The van der Waals surface area contributed by atoms with Crippen LogP contribution in [0.1, 0.15) is 48.6 Å². The number of nitrogens with zero attached hydrogens (tertiary/aromatic N) is 2. The van der Waals surface area contributed by atoms with Crippen molar-refractivity contribution in [1.29, 1.82) is 0 Å². The largest absolute Gasteiger partial charge is 0.459 e. The maximum absolute atomic E-state index is 12.8. The molecule has 1 atom stereocenters. The zero-order chi connectivity index (χ0) is 23.5. The second-order valence-corrected chi connectivity index (χ2v) is 9.81.